The number of amides is 3. The summed E-state index contributed by atoms with van der Waals surface area (Å²) in [5.74, 6) is -3.99. The first-order valence-electron chi connectivity index (χ1n) is 10.5. The Kier molecular flexibility index (Phi) is 10.1. The van der Waals surface area contributed by atoms with Gasteiger partial charge in [-0.3, -0.25) is 14.4 Å². The zero-order valence-electron chi connectivity index (χ0n) is 18.5. The topological polar surface area (TPSA) is 240 Å². The number of carbonyl (C=O) groups is 4. The Balaban J connectivity index is 2.16. The molecule has 1 heterocycles. The lowest BCUT2D eigenvalue weighted by molar-refractivity contribution is -0.142. The summed E-state index contributed by atoms with van der Waals surface area (Å²) < 4.78 is 0. The standard InChI is InChI=1S/C21H28N6O8/c22-14(8-28)18(31)27-17(9-29)20(33)25-15(6-12-7-23-10-24-12)19(32)26-16(21(34)35)5-11-1-3-13(30)4-2-11/h1-4,7,10,14-17,28-30H,5-6,8-9,22H2,(H,23,24)(H,25,33)(H,26,32)(H,27,31)(H,34,35). The largest absolute Gasteiger partial charge is 0.508 e. The van der Waals surface area contributed by atoms with E-state index in [-0.39, 0.29) is 18.6 Å². The number of H-pyrrole nitrogens is 1. The van der Waals surface area contributed by atoms with Crippen molar-refractivity contribution in [3.8, 4) is 5.75 Å². The second-order valence-corrected chi connectivity index (χ2v) is 7.64. The Bertz CT molecular complexity index is 998. The number of hydrogen-bond donors (Lipinski definition) is 9. The lowest BCUT2D eigenvalue weighted by atomic mass is 10.0. The molecule has 0 spiro atoms. The lowest BCUT2D eigenvalue weighted by Crippen LogP contribution is -2.59. The fourth-order valence-electron chi connectivity index (χ4n) is 2.99. The van der Waals surface area contributed by atoms with Crippen LogP contribution in [0.1, 0.15) is 11.3 Å². The number of aromatic amines is 1. The van der Waals surface area contributed by atoms with E-state index in [4.69, 9.17) is 10.8 Å². The molecule has 4 unspecified atom stereocenters. The fraction of sp³-hybridized carbons (Fsp3) is 0.381. The summed E-state index contributed by atoms with van der Waals surface area (Å²) in [6.45, 7) is -1.51. The van der Waals surface area contributed by atoms with E-state index in [0.717, 1.165) is 0 Å². The van der Waals surface area contributed by atoms with Gasteiger partial charge in [0, 0.05) is 24.7 Å². The van der Waals surface area contributed by atoms with Crippen molar-refractivity contribution in [1.82, 2.24) is 25.9 Å². The molecule has 190 valence electrons. The van der Waals surface area contributed by atoms with Gasteiger partial charge in [0.25, 0.3) is 0 Å². The highest BCUT2D eigenvalue weighted by Crippen LogP contribution is 2.12. The SMILES string of the molecule is NC(CO)C(=O)NC(CO)C(=O)NC(Cc1cnc[nH]1)C(=O)NC(Cc1ccc(O)cc1)C(=O)O. The first-order valence-corrected chi connectivity index (χ1v) is 10.5. The molecule has 14 heteroatoms. The van der Waals surface area contributed by atoms with Crippen molar-refractivity contribution < 1.29 is 39.6 Å². The fourth-order valence-corrected chi connectivity index (χ4v) is 2.99. The minimum Gasteiger partial charge on any atom is -0.508 e. The van der Waals surface area contributed by atoms with Crippen LogP contribution in [0.4, 0.5) is 0 Å². The highest BCUT2D eigenvalue weighted by molar-refractivity contribution is 5.94. The Morgan fingerprint density at radius 2 is 1.49 bits per heavy atom. The molecule has 2 rings (SSSR count). The number of phenols is 1. The second kappa shape index (κ2) is 13.0. The van der Waals surface area contributed by atoms with Crippen LogP contribution in [0.3, 0.4) is 0 Å². The van der Waals surface area contributed by atoms with Crippen LogP contribution < -0.4 is 21.7 Å². The van der Waals surface area contributed by atoms with Gasteiger partial charge in [-0.25, -0.2) is 9.78 Å². The van der Waals surface area contributed by atoms with E-state index in [1.54, 1.807) is 0 Å². The lowest BCUT2D eigenvalue weighted by Gasteiger charge is -2.24. The molecule has 2 aromatic rings. The normalized spacial score (nSPS) is 14.3. The number of rotatable bonds is 13. The number of nitrogens with zero attached hydrogens (tertiary/aromatic N) is 1. The molecule has 0 aliphatic rings. The number of carboxylic acid groups (broad SMARTS) is 1. The number of carbonyl (C=O) groups excluding carboxylic acids is 3. The van der Waals surface area contributed by atoms with Crippen LogP contribution in [0.5, 0.6) is 5.75 Å². The molecule has 1 aromatic carbocycles. The third kappa shape index (κ3) is 8.37. The van der Waals surface area contributed by atoms with Crippen molar-refractivity contribution in [1.29, 1.82) is 0 Å². The molecule has 1 aromatic heterocycles. The van der Waals surface area contributed by atoms with Gasteiger partial charge in [-0.15, -0.1) is 0 Å². The molecule has 10 N–H and O–H groups in total. The molecular weight excluding hydrogens is 464 g/mol. The number of nitrogens with two attached hydrogens (primary N) is 1. The van der Waals surface area contributed by atoms with Gasteiger partial charge in [0.2, 0.25) is 17.7 Å². The number of nitrogens with one attached hydrogen (secondary N) is 4. The van der Waals surface area contributed by atoms with Crippen LogP contribution >= 0.6 is 0 Å². The van der Waals surface area contributed by atoms with Crippen LogP contribution in [0.15, 0.2) is 36.8 Å². The van der Waals surface area contributed by atoms with Gasteiger partial charge in [0.05, 0.1) is 19.5 Å². The van der Waals surface area contributed by atoms with E-state index in [1.165, 1.54) is 36.8 Å². The van der Waals surface area contributed by atoms with Crippen LogP contribution in [0.25, 0.3) is 0 Å². The molecule has 14 nitrogen and oxygen atoms in total. The van der Waals surface area contributed by atoms with Crippen LogP contribution in [0.2, 0.25) is 0 Å². The molecule has 0 fully saturated rings. The average Bonchev–Trinajstić information content (AvgIpc) is 3.35. The van der Waals surface area contributed by atoms with E-state index in [2.05, 4.69) is 25.9 Å². The van der Waals surface area contributed by atoms with Crippen LogP contribution in [-0.2, 0) is 32.0 Å². The Hall–Kier alpha value is -4.01. The van der Waals surface area contributed by atoms with Crippen molar-refractivity contribution in [3.05, 3.63) is 48.0 Å². The zero-order valence-corrected chi connectivity index (χ0v) is 18.5. The number of aliphatic carboxylic acids is 1. The minimum atomic E-state index is -1.48. The maximum atomic E-state index is 13.0. The van der Waals surface area contributed by atoms with Crippen molar-refractivity contribution in [2.45, 2.75) is 37.0 Å². The number of aromatic hydroxyl groups is 1. The summed E-state index contributed by atoms with van der Waals surface area (Å²) >= 11 is 0. The van der Waals surface area contributed by atoms with Gasteiger partial charge in [-0.05, 0) is 17.7 Å². The molecule has 0 bridgehead atoms. The third-order valence-electron chi connectivity index (χ3n) is 4.95. The van der Waals surface area contributed by atoms with Gasteiger partial charge < -0.3 is 47.1 Å². The predicted octanol–water partition coefficient (Wildman–Crippen LogP) is -3.25. The summed E-state index contributed by atoms with van der Waals surface area (Å²) in [6, 6.07) is 0.305. The maximum Gasteiger partial charge on any atom is 0.326 e. The first-order chi connectivity index (χ1) is 16.6. The average molecular weight is 492 g/mol. The summed E-state index contributed by atoms with van der Waals surface area (Å²) in [7, 11) is 0. The Labute approximate surface area is 199 Å². The number of phenolic OH excluding ortho intramolecular Hbond substituents is 1. The van der Waals surface area contributed by atoms with Crippen molar-refractivity contribution in [2.75, 3.05) is 13.2 Å². The molecule has 3 amide bonds. The molecular formula is C21H28N6O8. The van der Waals surface area contributed by atoms with Gasteiger partial charge in [-0.1, -0.05) is 12.1 Å². The van der Waals surface area contributed by atoms with E-state index in [1.807, 2.05) is 0 Å². The molecule has 0 aliphatic heterocycles. The van der Waals surface area contributed by atoms with Gasteiger partial charge >= 0.3 is 5.97 Å². The Morgan fingerprint density at radius 3 is 2.03 bits per heavy atom. The van der Waals surface area contributed by atoms with Crippen molar-refractivity contribution >= 4 is 23.7 Å². The van der Waals surface area contributed by atoms with Crippen molar-refractivity contribution in [3.63, 3.8) is 0 Å². The number of aliphatic hydroxyl groups excluding tert-OH is 2. The van der Waals surface area contributed by atoms with E-state index in [9.17, 15) is 34.5 Å². The molecule has 0 saturated carbocycles. The number of aliphatic hydroxyl groups is 2. The van der Waals surface area contributed by atoms with Crippen LogP contribution in [-0.4, -0.2) is 91.5 Å². The van der Waals surface area contributed by atoms with Crippen LogP contribution in [0, 0.1) is 0 Å². The second-order valence-electron chi connectivity index (χ2n) is 7.64. The number of hydrogen-bond acceptors (Lipinski definition) is 9. The summed E-state index contributed by atoms with van der Waals surface area (Å²) in [4.78, 5) is 55.9. The summed E-state index contributed by atoms with van der Waals surface area (Å²) in [5.41, 5.74) is 6.38. The monoisotopic (exact) mass is 492 g/mol. The number of imidazole rings is 1. The summed E-state index contributed by atoms with van der Waals surface area (Å²) in [5, 5.41) is 44.4. The van der Waals surface area contributed by atoms with Gasteiger partial charge in [0.15, 0.2) is 0 Å². The highest BCUT2D eigenvalue weighted by Gasteiger charge is 2.30. The highest BCUT2D eigenvalue weighted by atomic mass is 16.4. The maximum absolute atomic E-state index is 13.0. The summed E-state index contributed by atoms with van der Waals surface area (Å²) in [6.07, 6.45) is 2.55. The number of aromatic nitrogens is 2. The molecule has 0 aliphatic carbocycles. The van der Waals surface area contributed by atoms with E-state index >= 15 is 0 Å². The quantitative estimate of drug-likeness (QED) is 0.135. The molecule has 0 radical (unpaired) electrons. The van der Waals surface area contributed by atoms with Gasteiger partial charge in [-0.2, -0.15) is 0 Å². The van der Waals surface area contributed by atoms with E-state index < -0.39 is 61.1 Å². The van der Waals surface area contributed by atoms with Crippen molar-refractivity contribution in [2.24, 2.45) is 5.73 Å². The minimum absolute atomic E-state index is 0.00234. The smallest absolute Gasteiger partial charge is 0.326 e. The first kappa shape index (κ1) is 27.2. The molecule has 4 atom stereocenters. The third-order valence-corrected chi connectivity index (χ3v) is 4.95. The molecule has 35 heavy (non-hydrogen) atoms. The Morgan fingerprint density at radius 1 is 0.886 bits per heavy atom. The van der Waals surface area contributed by atoms with E-state index in [0.29, 0.717) is 11.3 Å². The zero-order chi connectivity index (χ0) is 26.0. The number of carboxylic acids is 1. The van der Waals surface area contributed by atoms with Gasteiger partial charge in [0.1, 0.15) is 29.9 Å². The number of benzene rings is 1. The predicted molar refractivity (Wildman–Crippen MR) is 120 cm³/mol. The molecule has 0 saturated heterocycles.